The fourth-order valence-corrected chi connectivity index (χ4v) is 3.12. The molecule has 19 heavy (non-hydrogen) atoms. The summed E-state index contributed by atoms with van der Waals surface area (Å²) in [6.07, 6.45) is 2.11. The van der Waals surface area contributed by atoms with Crippen molar-refractivity contribution in [2.75, 3.05) is 13.2 Å². The van der Waals surface area contributed by atoms with Crippen LogP contribution in [0.4, 0.5) is 0 Å². The number of nitrogens with zero attached hydrogens (tertiary/aromatic N) is 1. The largest absolute Gasteiger partial charge is 0.395 e. The Labute approximate surface area is 118 Å². The highest BCUT2D eigenvalue weighted by Gasteiger charge is 2.16. The zero-order valence-electron chi connectivity index (χ0n) is 11.6. The lowest BCUT2D eigenvalue weighted by molar-refractivity contribution is 0.0957. The zero-order chi connectivity index (χ0) is 14.3. The number of aliphatic hydroxyl groups excluding tert-OH is 1. The lowest BCUT2D eigenvalue weighted by Crippen LogP contribution is -2.35. The van der Waals surface area contributed by atoms with E-state index in [2.05, 4.69) is 24.2 Å². The molecular formula is C13H23N3O2S. The molecule has 4 N–H and O–H groups in total. The summed E-state index contributed by atoms with van der Waals surface area (Å²) in [5.74, 6) is 4.86. The van der Waals surface area contributed by atoms with Crippen molar-refractivity contribution in [3.63, 3.8) is 0 Å². The molecule has 0 aromatic carbocycles. The van der Waals surface area contributed by atoms with Crippen molar-refractivity contribution < 1.29 is 9.90 Å². The number of amides is 1. The van der Waals surface area contributed by atoms with Gasteiger partial charge in [0, 0.05) is 24.0 Å². The van der Waals surface area contributed by atoms with Gasteiger partial charge in [-0.3, -0.25) is 15.1 Å². The van der Waals surface area contributed by atoms with Crippen molar-refractivity contribution in [3.05, 3.63) is 21.9 Å². The monoisotopic (exact) mass is 285 g/mol. The molecule has 108 valence electrons. The lowest BCUT2D eigenvalue weighted by Gasteiger charge is -2.29. The van der Waals surface area contributed by atoms with E-state index in [9.17, 15) is 4.79 Å². The van der Waals surface area contributed by atoms with E-state index in [1.165, 1.54) is 11.3 Å². The van der Waals surface area contributed by atoms with Gasteiger partial charge in [0.15, 0.2) is 0 Å². The molecule has 1 aromatic rings. The van der Waals surface area contributed by atoms with Crippen molar-refractivity contribution in [2.24, 2.45) is 5.84 Å². The third kappa shape index (κ3) is 4.58. The molecule has 0 fully saturated rings. The number of aliphatic hydroxyl groups is 1. The molecule has 0 spiro atoms. The van der Waals surface area contributed by atoms with Crippen molar-refractivity contribution in [3.8, 4) is 0 Å². The van der Waals surface area contributed by atoms with Gasteiger partial charge in [0.2, 0.25) is 0 Å². The number of rotatable bonds is 8. The first-order valence-electron chi connectivity index (χ1n) is 6.60. The maximum Gasteiger partial charge on any atom is 0.275 e. The maximum atomic E-state index is 11.4. The number of carbonyl (C=O) groups excluding carboxylic acids is 1. The number of hydrogen-bond acceptors (Lipinski definition) is 5. The maximum absolute atomic E-state index is 11.4. The second-order valence-corrected chi connectivity index (χ2v) is 5.57. The smallest absolute Gasteiger partial charge is 0.275 e. The Balaban J connectivity index is 2.73. The van der Waals surface area contributed by atoms with E-state index in [1.54, 1.807) is 6.07 Å². The second kappa shape index (κ2) is 8.27. The molecule has 6 heteroatoms. The number of hydrogen-bond donors (Lipinski definition) is 3. The van der Waals surface area contributed by atoms with Gasteiger partial charge in [0.25, 0.3) is 5.91 Å². The SMILES string of the molecule is CCC(CC)N(CCO)Cc1ccc(C(=O)NN)s1. The molecule has 1 rings (SSSR count). The average Bonchev–Trinajstić information content (AvgIpc) is 2.88. The van der Waals surface area contributed by atoms with Gasteiger partial charge in [-0.25, -0.2) is 5.84 Å². The Morgan fingerprint density at radius 1 is 1.47 bits per heavy atom. The predicted molar refractivity (Wildman–Crippen MR) is 77.8 cm³/mol. The number of carbonyl (C=O) groups is 1. The summed E-state index contributed by atoms with van der Waals surface area (Å²) in [6, 6.07) is 4.19. The number of nitrogens with two attached hydrogens (primary N) is 1. The quantitative estimate of drug-likeness (QED) is 0.382. The van der Waals surface area contributed by atoms with Crippen LogP contribution in [0.1, 0.15) is 41.2 Å². The van der Waals surface area contributed by atoms with E-state index in [0.29, 0.717) is 17.5 Å². The molecule has 1 amide bonds. The molecular weight excluding hydrogens is 262 g/mol. The number of hydrazine groups is 1. The van der Waals surface area contributed by atoms with Gasteiger partial charge in [-0.05, 0) is 25.0 Å². The molecule has 0 saturated carbocycles. The van der Waals surface area contributed by atoms with Crippen LogP contribution in [-0.4, -0.2) is 35.1 Å². The third-order valence-electron chi connectivity index (χ3n) is 3.22. The molecule has 5 nitrogen and oxygen atoms in total. The minimum atomic E-state index is -0.257. The van der Waals surface area contributed by atoms with Gasteiger partial charge in [-0.2, -0.15) is 0 Å². The van der Waals surface area contributed by atoms with E-state index in [1.807, 2.05) is 6.07 Å². The normalized spacial score (nSPS) is 11.3. The van der Waals surface area contributed by atoms with Crippen LogP contribution >= 0.6 is 11.3 Å². The van der Waals surface area contributed by atoms with Crippen LogP contribution in [0.3, 0.4) is 0 Å². The van der Waals surface area contributed by atoms with E-state index >= 15 is 0 Å². The standard InChI is InChI=1S/C13H23N3O2S/c1-3-10(4-2)16(7-8-17)9-11-5-6-12(19-11)13(18)15-14/h5-6,10,17H,3-4,7-9,14H2,1-2H3,(H,15,18). The summed E-state index contributed by atoms with van der Waals surface area (Å²) in [7, 11) is 0. The molecule has 0 atom stereocenters. The highest BCUT2D eigenvalue weighted by molar-refractivity contribution is 7.14. The summed E-state index contributed by atoms with van der Waals surface area (Å²) < 4.78 is 0. The Bertz CT molecular complexity index is 391. The van der Waals surface area contributed by atoms with E-state index < -0.39 is 0 Å². The molecule has 0 saturated heterocycles. The van der Waals surface area contributed by atoms with Gasteiger partial charge in [-0.1, -0.05) is 13.8 Å². The second-order valence-electron chi connectivity index (χ2n) is 4.40. The zero-order valence-corrected chi connectivity index (χ0v) is 12.4. The molecule has 0 bridgehead atoms. The topological polar surface area (TPSA) is 78.6 Å². The number of thiophene rings is 1. The Kier molecular flexibility index (Phi) is 7.01. The van der Waals surface area contributed by atoms with Gasteiger partial charge in [0.1, 0.15) is 0 Å². The Hall–Kier alpha value is -0.950. The first-order valence-corrected chi connectivity index (χ1v) is 7.42. The van der Waals surface area contributed by atoms with Crippen molar-refractivity contribution in [1.29, 1.82) is 0 Å². The molecule has 0 aliphatic carbocycles. The van der Waals surface area contributed by atoms with Crippen LogP contribution in [0.2, 0.25) is 0 Å². The Morgan fingerprint density at radius 2 is 2.16 bits per heavy atom. The first-order chi connectivity index (χ1) is 9.15. The third-order valence-corrected chi connectivity index (χ3v) is 4.29. The van der Waals surface area contributed by atoms with E-state index in [4.69, 9.17) is 10.9 Å². The van der Waals surface area contributed by atoms with Gasteiger partial charge in [0.05, 0.1) is 11.5 Å². The minimum absolute atomic E-state index is 0.151. The van der Waals surface area contributed by atoms with Gasteiger partial charge >= 0.3 is 0 Å². The van der Waals surface area contributed by atoms with Crippen molar-refractivity contribution in [2.45, 2.75) is 39.3 Å². The first kappa shape index (κ1) is 16.1. The number of nitrogens with one attached hydrogen (secondary N) is 1. The highest BCUT2D eigenvalue weighted by atomic mass is 32.1. The molecule has 0 aliphatic heterocycles. The summed E-state index contributed by atoms with van der Waals surface area (Å²) in [4.78, 5) is 15.4. The van der Waals surface area contributed by atoms with Crippen LogP contribution in [0, 0.1) is 0 Å². The highest BCUT2D eigenvalue weighted by Crippen LogP contribution is 2.20. The summed E-state index contributed by atoms with van der Waals surface area (Å²) >= 11 is 1.44. The minimum Gasteiger partial charge on any atom is -0.395 e. The summed E-state index contributed by atoms with van der Waals surface area (Å²) in [5, 5.41) is 9.17. The Morgan fingerprint density at radius 3 is 2.68 bits per heavy atom. The molecule has 1 heterocycles. The van der Waals surface area contributed by atoms with E-state index in [0.717, 1.165) is 24.3 Å². The molecule has 0 aliphatic rings. The summed E-state index contributed by atoms with van der Waals surface area (Å²) in [6.45, 7) is 5.87. The molecule has 0 unspecified atom stereocenters. The van der Waals surface area contributed by atoms with Crippen LogP contribution < -0.4 is 11.3 Å². The average molecular weight is 285 g/mol. The van der Waals surface area contributed by atoms with Crippen molar-refractivity contribution in [1.82, 2.24) is 10.3 Å². The van der Waals surface area contributed by atoms with Crippen molar-refractivity contribution >= 4 is 17.2 Å². The van der Waals surface area contributed by atoms with Crippen LogP contribution in [0.25, 0.3) is 0 Å². The van der Waals surface area contributed by atoms with E-state index in [-0.39, 0.29) is 12.5 Å². The lowest BCUT2D eigenvalue weighted by atomic mass is 10.1. The van der Waals surface area contributed by atoms with Gasteiger partial charge < -0.3 is 5.11 Å². The van der Waals surface area contributed by atoms with Crippen LogP contribution in [0.5, 0.6) is 0 Å². The predicted octanol–water partition coefficient (Wildman–Crippen LogP) is 1.33. The summed E-state index contributed by atoms with van der Waals surface area (Å²) in [5.41, 5.74) is 2.14. The fraction of sp³-hybridized carbons (Fsp3) is 0.615. The fourth-order valence-electron chi connectivity index (χ4n) is 2.18. The molecule has 1 aromatic heterocycles. The van der Waals surface area contributed by atoms with Crippen LogP contribution in [-0.2, 0) is 6.54 Å². The molecule has 0 radical (unpaired) electrons. The number of nitrogen functional groups attached to an aromatic ring is 1. The van der Waals surface area contributed by atoms with Crippen LogP contribution in [0.15, 0.2) is 12.1 Å². The van der Waals surface area contributed by atoms with Gasteiger partial charge in [-0.15, -0.1) is 11.3 Å².